The zero-order valence-electron chi connectivity index (χ0n) is 18.4. The van der Waals surface area contributed by atoms with E-state index in [9.17, 15) is 9.59 Å². The highest BCUT2D eigenvalue weighted by Gasteiger charge is 2.25. The van der Waals surface area contributed by atoms with Crippen molar-refractivity contribution < 1.29 is 9.59 Å². The third kappa shape index (κ3) is 5.32. The lowest BCUT2D eigenvalue weighted by molar-refractivity contribution is -0.115. The lowest BCUT2D eigenvalue weighted by atomic mass is 9.97. The summed E-state index contributed by atoms with van der Waals surface area (Å²) in [7, 11) is 0. The number of imide groups is 1. The molecule has 174 valence electrons. The lowest BCUT2D eigenvalue weighted by Gasteiger charge is -2.32. The SMILES string of the molecule is O=C1NC(=O)/C(=C\c2ccnc(N3CCC(CNCc4ccnc(-c5cn[nH]c5)c4)CC3)n2)S1. The van der Waals surface area contributed by atoms with Gasteiger partial charge in [-0.05, 0) is 66.9 Å². The van der Waals surface area contributed by atoms with Crippen molar-refractivity contribution in [3.8, 4) is 11.3 Å². The topological polar surface area (TPSA) is 129 Å². The number of nitrogens with zero attached hydrogens (tertiary/aromatic N) is 5. The summed E-state index contributed by atoms with van der Waals surface area (Å²) in [6.45, 7) is 3.49. The van der Waals surface area contributed by atoms with Crippen LogP contribution in [0.25, 0.3) is 17.3 Å². The molecule has 10 nitrogen and oxygen atoms in total. The predicted octanol–water partition coefficient (Wildman–Crippen LogP) is 2.59. The van der Waals surface area contributed by atoms with Gasteiger partial charge in [0, 0.05) is 43.8 Å². The quantitative estimate of drug-likeness (QED) is 0.441. The van der Waals surface area contributed by atoms with E-state index in [1.807, 2.05) is 18.5 Å². The molecule has 34 heavy (non-hydrogen) atoms. The van der Waals surface area contributed by atoms with Gasteiger partial charge < -0.3 is 10.2 Å². The van der Waals surface area contributed by atoms with E-state index in [0.29, 0.717) is 22.5 Å². The fraction of sp³-hybridized carbons (Fsp3) is 0.304. The summed E-state index contributed by atoms with van der Waals surface area (Å²) in [6, 6.07) is 5.85. The Labute approximate surface area is 200 Å². The van der Waals surface area contributed by atoms with Gasteiger partial charge in [0.1, 0.15) is 0 Å². The van der Waals surface area contributed by atoms with E-state index in [1.54, 1.807) is 24.5 Å². The molecule has 5 rings (SSSR count). The maximum atomic E-state index is 11.8. The molecule has 0 saturated carbocycles. The summed E-state index contributed by atoms with van der Waals surface area (Å²) >= 11 is 0.889. The van der Waals surface area contributed by atoms with E-state index in [4.69, 9.17) is 0 Å². The Morgan fingerprint density at radius 2 is 2.03 bits per heavy atom. The Morgan fingerprint density at radius 1 is 1.18 bits per heavy atom. The van der Waals surface area contributed by atoms with Gasteiger partial charge in [0.05, 0.1) is 22.5 Å². The van der Waals surface area contributed by atoms with Gasteiger partial charge in [-0.1, -0.05) is 0 Å². The fourth-order valence-electron chi connectivity index (χ4n) is 4.04. The Balaban J connectivity index is 1.11. The van der Waals surface area contributed by atoms with Crippen LogP contribution in [0.3, 0.4) is 0 Å². The number of carbonyl (C=O) groups excluding carboxylic acids is 2. The van der Waals surface area contributed by atoms with Crippen molar-refractivity contribution in [3.05, 3.63) is 59.1 Å². The number of nitrogens with one attached hydrogen (secondary N) is 3. The molecule has 0 unspecified atom stereocenters. The molecule has 0 atom stereocenters. The highest BCUT2D eigenvalue weighted by Crippen LogP contribution is 2.26. The predicted molar refractivity (Wildman–Crippen MR) is 130 cm³/mol. The van der Waals surface area contributed by atoms with Crippen LogP contribution in [-0.2, 0) is 11.3 Å². The maximum absolute atomic E-state index is 11.8. The smallest absolute Gasteiger partial charge is 0.290 e. The maximum Gasteiger partial charge on any atom is 0.290 e. The molecule has 2 aliphatic heterocycles. The molecule has 0 bridgehead atoms. The van der Waals surface area contributed by atoms with Gasteiger partial charge in [0.15, 0.2) is 0 Å². The Kier molecular flexibility index (Phi) is 6.63. The van der Waals surface area contributed by atoms with E-state index in [0.717, 1.165) is 62.0 Å². The van der Waals surface area contributed by atoms with E-state index in [-0.39, 0.29) is 11.1 Å². The monoisotopic (exact) mass is 476 g/mol. The molecule has 0 aliphatic carbocycles. The highest BCUT2D eigenvalue weighted by atomic mass is 32.2. The summed E-state index contributed by atoms with van der Waals surface area (Å²) in [6.07, 6.45) is 10.9. The van der Waals surface area contributed by atoms with Gasteiger partial charge in [0.25, 0.3) is 11.1 Å². The number of piperidine rings is 1. The van der Waals surface area contributed by atoms with E-state index < -0.39 is 0 Å². The number of amides is 2. The van der Waals surface area contributed by atoms with Gasteiger partial charge in [0.2, 0.25) is 5.95 Å². The van der Waals surface area contributed by atoms with Gasteiger partial charge >= 0.3 is 0 Å². The van der Waals surface area contributed by atoms with Gasteiger partial charge in [-0.2, -0.15) is 5.10 Å². The molecule has 2 fully saturated rings. The molecule has 2 saturated heterocycles. The number of anilines is 1. The van der Waals surface area contributed by atoms with Crippen LogP contribution in [0.15, 0.2) is 47.9 Å². The van der Waals surface area contributed by atoms with E-state index in [2.05, 4.69) is 46.7 Å². The van der Waals surface area contributed by atoms with Crippen molar-refractivity contribution in [3.63, 3.8) is 0 Å². The third-order valence-electron chi connectivity index (χ3n) is 5.86. The molecule has 3 aromatic heterocycles. The van der Waals surface area contributed by atoms with Crippen LogP contribution in [-0.4, -0.2) is 55.9 Å². The molecule has 3 N–H and O–H groups in total. The highest BCUT2D eigenvalue weighted by molar-refractivity contribution is 8.18. The van der Waals surface area contributed by atoms with Crippen LogP contribution >= 0.6 is 11.8 Å². The number of carbonyl (C=O) groups is 2. The first kappa shape index (κ1) is 22.2. The van der Waals surface area contributed by atoms with Gasteiger partial charge in [-0.3, -0.25) is 25.0 Å². The molecular weight excluding hydrogens is 452 g/mol. The van der Waals surface area contributed by atoms with Crippen LogP contribution < -0.4 is 15.5 Å². The van der Waals surface area contributed by atoms with Gasteiger partial charge in [-0.25, -0.2) is 9.97 Å². The molecular formula is C23H24N8O2S. The minimum absolute atomic E-state index is 0.352. The molecule has 0 spiro atoms. The molecule has 11 heteroatoms. The number of hydrogen-bond donors (Lipinski definition) is 3. The summed E-state index contributed by atoms with van der Waals surface area (Å²) in [5.74, 6) is 0.855. The first-order valence-corrected chi connectivity index (χ1v) is 11.9. The average molecular weight is 477 g/mol. The summed E-state index contributed by atoms with van der Waals surface area (Å²) < 4.78 is 0. The largest absolute Gasteiger partial charge is 0.341 e. The van der Waals surface area contributed by atoms with Crippen molar-refractivity contribution >= 4 is 34.9 Å². The minimum Gasteiger partial charge on any atom is -0.341 e. The lowest BCUT2D eigenvalue weighted by Crippen LogP contribution is -2.38. The van der Waals surface area contributed by atoms with Crippen molar-refractivity contribution in [2.45, 2.75) is 19.4 Å². The standard InChI is InChI=1S/C23H24N8O2S/c32-21-20(34-23(33)30-21)10-18-2-6-26-22(29-18)31-7-3-15(4-8-31)11-24-12-16-1-5-25-19(9-16)17-13-27-28-14-17/h1-2,5-6,9-10,13-15,24H,3-4,7-8,11-12H2,(H,27,28)(H,30,32,33)/b20-10+. The van der Waals surface area contributed by atoms with Gasteiger partial charge in [-0.15, -0.1) is 0 Å². The normalized spacial score (nSPS) is 18.0. The zero-order chi connectivity index (χ0) is 23.3. The third-order valence-corrected chi connectivity index (χ3v) is 6.67. The number of rotatable bonds is 7. The van der Waals surface area contributed by atoms with Crippen LogP contribution in [0.5, 0.6) is 0 Å². The van der Waals surface area contributed by atoms with Crippen molar-refractivity contribution in [1.82, 2.24) is 35.8 Å². The first-order valence-electron chi connectivity index (χ1n) is 11.1. The van der Waals surface area contributed by atoms with Crippen molar-refractivity contribution in [2.75, 3.05) is 24.5 Å². The minimum atomic E-state index is -0.382. The zero-order valence-corrected chi connectivity index (χ0v) is 19.2. The van der Waals surface area contributed by atoms with Crippen LogP contribution in [0.1, 0.15) is 24.1 Å². The van der Waals surface area contributed by atoms with Crippen LogP contribution in [0.4, 0.5) is 10.7 Å². The molecule has 2 aliphatic rings. The second-order valence-electron chi connectivity index (χ2n) is 8.23. The second-order valence-corrected chi connectivity index (χ2v) is 9.25. The Morgan fingerprint density at radius 3 is 2.79 bits per heavy atom. The van der Waals surface area contributed by atoms with E-state index in [1.165, 1.54) is 5.56 Å². The number of hydrogen-bond acceptors (Lipinski definition) is 9. The van der Waals surface area contributed by atoms with Crippen LogP contribution in [0.2, 0.25) is 0 Å². The molecule has 5 heterocycles. The number of pyridine rings is 1. The molecule has 3 aromatic rings. The molecule has 2 amide bonds. The molecule has 0 aromatic carbocycles. The Hall–Kier alpha value is -3.57. The summed E-state index contributed by atoms with van der Waals surface area (Å²) in [5.41, 5.74) is 3.71. The van der Waals surface area contributed by atoms with Crippen molar-refractivity contribution in [1.29, 1.82) is 0 Å². The second kappa shape index (κ2) is 10.1. The molecule has 0 radical (unpaired) electrons. The first-order chi connectivity index (χ1) is 16.6. The van der Waals surface area contributed by atoms with Crippen molar-refractivity contribution in [2.24, 2.45) is 5.92 Å². The summed E-state index contributed by atoms with van der Waals surface area (Å²) in [4.78, 5) is 39.1. The fourth-order valence-corrected chi connectivity index (χ4v) is 4.71. The Bertz CT molecular complexity index is 1210. The number of thioether (sulfide) groups is 1. The summed E-state index contributed by atoms with van der Waals surface area (Å²) in [5, 5.41) is 12.3. The van der Waals surface area contributed by atoms with Crippen LogP contribution in [0, 0.1) is 5.92 Å². The number of H-pyrrole nitrogens is 1. The average Bonchev–Trinajstić information content (AvgIpc) is 3.50. The number of aromatic amines is 1. The van der Waals surface area contributed by atoms with E-state index >= 15 is 0 Å². The number of aromatic nitrogens is 5.